The number of anilines is 1. The molecule has 6 N–H and O–H groups in total. The van der Waals surface area contributed by atoms with Crippen molar-refractivity contribution in [2.24, 2.45) is 5.73 Å². The number of carbonyl (C=O) groups is 1. The van der Waals surface area contributed by atoms with Crippen LogP contribution in [0.2, 0.25) is 0 Å². The van der Waals surface area contributed by atoms with Gasteiger partial charge in [-0.05, 0) is 60.5 Å². The van der Waals surface area contributed by atoms with Crippen LogP contribution < -0.4 is 21.5 Å². The summed E-state index contributed by atoms with van der Waals surface area (Å²) in [4.78, 5) is 33.0. The van der Waals surface area contributed by atoms with Gasteiger partial charge < -0.3 is 25.6 Å². The average molecular weight is 561 g/mol. The molecule has 2 aromatic carbocycles. The van der Waals surface area contributed by atoms with Crippen LogP contribution in [0.5, 0.6) is 5.75 Å². The lowest BCUT2D eigenvalue weighted by molar-refractivity contribution is -0.134. The minimum absolute atomic E-state index is 0.0115. The summed E-state index contributed by atoms with van der Waals surface area (Å²) in [6.07, 6.45) is 4.86. The highest BCUT2D eigenvalue weighted by molar-refractivity contribution is 5.95. The van der Waals surface area contributed by atoms with Crippen LogP contribution >= 0.6 is 0 Å². The van der Waals surface area contributed by atoms with E-state index in [1.54, 1.807) is 30.6 Å². The van der Waals surface area contributed by atoms with E-state index in [1.807, 2.05) is 37.3 Å². The number of H-pyrrole nitrogens is 1. The topological polar surface area (TPSA) is 194 Å². The molecule has 4 aromatic rings. The normalized spacial score (nSPS) is 13.9. The number of ether oxygens (including phenoxy) is 2. The fourth-order valence-corrected chi connectivity index (χ4v) is 4.23. The van der Waals surface area contributed by atoms with Crippen LogP contribution in [0, 0.1) is 12.3 Å². The van der Waals surface area contributed by atoms with Crippen LogP contribution in [-0.2, 0) is 9.53 Å². The fraction of sp³-hybridized carbons (Fsp3) is 0.286. The molecule has 0 saturated carbocycles. The lowest BCUT2D eigenvalue weighted by Gasteiger charge is -2.25. The van der Waals surface area contributed by atoms with E-state index in [9.17, 15) is 4.79 Å². The van der Waals surface area contributed by atoms with Crippen LogP contribution in [0.25, 0.3) is 5.95 Å². The number of amidine groups is 1. The number of nitrogens with two attached hydrogens (primary N) is 1. The zero-order chi connectivity index (χ0) is 29.4. The second kappa shape index (κ2) is 13.3. The van der Waals surface area contributed by atoms with Crippen molar-refractivity contribution in [3.8, 4) is 11.7 Å². The van der Waals surface area contributed by atoms with Gasteiger partial charge in [0.2, 0.25) is 0 Å². The first-order chi connectivity index (χ1) is 19.7. The summed E-state index contributed by atoms with van der Waals surface area (Å²) in [7, 11) is 0. The van der Waals surface area contributed by atoms with Gasteiger partial charge in [-0.15, -0.1) is 9.78 Å². The van der Waals surface area contributed by atoms with Gasteiger partial charge in [0.15, 0.2) is 5.82 Å². The van der Waals surface area contributed by atoms with Crippen LogP contribution in [0.3, 0.4) is 0 Å². The zero-order valence-electron chi connectivity index (χ0n) is 22.7. The number of aryl methyl sites for hydroxylation is 1. The van der Waals surface area contributed by atoms with Gasteiger partial charge >= 0.3 is 5.69 Å². The van der Waals surface area contributed by atoms with Crippen molar-refractivity contribution in [1.82, 2.24) is 24.7 Å². The number of aromatic nitrogens is 5. The highest BCUT2D eigenvalue weighted by Crippen LogP contribution is 2.30. The number of nitrogens with one attached hydrogen (secondary N) is 3. The number of hydrogen-bond acceptors (Lipinski definition) is 9. The molecule has 1 aliphatic rings. The molecule has 0 unspecified atom stereocenters. The number of carboxylic acids is 1. The maximum absolute atomic E-state index is 12.8. The summed E-state index contributed by atoms with van der Waals surface area (Å²) >= 11 is 0. The van der Waals surface area contributed by atoms with E-state index in [0.29, 0.717) is 24.6 Å². The minimum Gasteiger partial charge on any atom is -0.490 e. The molecule has 1 aliphatic heterocycles. The Morgan fingerprint density at radius 2 is 1.85 bits per heavy atom. The number of benzene rings is 2. The molecule has 0 aliphatic carbocycles. The van der Waals surface area contributed by atoms with Gasteiger partial charge in [0.1, 0.15) is 23.7 Å². The van der Waals surface area contributed by atoms with E-state index in [1.165, 1.54) is 0 Å². The summed E-state index contributed by atoms with van der Waals surface area (Å²) in [5.41, 5.74) is 8.39. The van der Waals surface area contributed by atoms with Gasteiger partial charge in [0.25, 0.3) is 11.9 Å². The summed E-state index contributed by atoms with van der Waals surface area (Å²) in [5, 5.41) is 23.0. The maximum Gasteiger partial charge on any atom is 0.350 e. The Balaban J connectivity index is 0.000000909. The standard InChI is InChI=1S/C26H28N8O3.C2H4O2/c1-16-13-18(15-21(14-16)37-20-7-11-36-12-8-20)22(31-19-5-3-17(4-6-19)23(27)28)24-32-26(35)34(33-24)25-29-9-2-10-30-25;1-2(3)4/h2-6,9-10,13-15,20,22,31H,7-8,11-12H2,1H3,(H3,27,28)(H,32,33,35);1H3,(H,3,4)/t22-;/m0./s1. The summed E-state index contributed by atoms with van der Waals surface area (Å²) < 4.78 is 12.9. The van der Waals surface area contributed by atoms with Crippen molar-refractivity contribution in [2.45, 2.75) is 38.8 Å². The molecule has 1 saturated heterocycles. The molecule has 2 aromatic heterocycles. The summed E-state index contributed by atoms with van der Waals surface area (Å²) in [6, 6.07) is 14.3. The van der Waals surface area contributed by atoms with Crippen molar-refractivity contribution >= 4 is 17.5 Å². The highest BCUT2D eigenvalue weighted by atomic mass is 16.5. The smallest absolute Gasteiger partial charge is 0.350 e. The minimum atomic E-state index is -0.833. The third-order valence-electron chi connectivity index (χ3n) is 6.03. The molecule has 1 fully saturated rings. The van der Waals surface area contributed by atoms with E-state index >= 15 is 0 Å². The first-order valence-electron chi connectivity index (χ1n) is 12.9. The molecular formula is C28H32N8O5. The molecule has 41 heavy (non-hydrogen) atoms. The van der Waals surface area contributed by atoms with E-state index in [-0.39, 0.29) is 17.9 Å². The number of carboxylic acid groups (broad SMARTS) is 1. The first kappa shape index (κ1) is 29.0. The molecule has 5 rings (SSSR count). The second-order valence-corrected chi connectivity index (χ2v) is 9.37. The molecule has 0 bridgehead atoms. The van der Waals surface area contributed by atoms with Crippen LogP contribution in [0.1, 0.15) is 48.3 Å². The fourth-order valence-electron chi connectivity index (χ4n) is 4.23. The largest absolute Gasteiger partial charge is 0.490 e. The first-order valence-corrected chi connectivity index (χ1v) is 12.9. The Labute approximate surface area is 235 Å². The SMILES string of the molecule is CC(=O)O.Cc1cc(OC2CCOCC2)cc([C@H](Nc2ccc(C(=N)N)cc2)c2nn(-c3ncccn3)c(=O)[nH]2)c1. The second-order valence-electron chi connectivity index (χ2n) is 9.37. The summed E-state index contributed by atoms with van der Waals surface area (Å²) in [6.45, 7) is 4.45. The molecule has 0 radical (unpaired) electrons. The van der Waals surface area contributed by atoms with Crippen molar-refractivity contribution in [1.29, 1.82) is 5.41 Å². The Morgan fingerprint density at radius 3 is 2.49 bits per heavy atom. The Bertz CT molecular complexity index is 1530. The van der Waals surface area contributed by atoms with Crippen LogP contribution in [-0.4, -0.2) is 61.0 Å². The van der Waals surface area contributed by atoms with Crippen molar-refractivity contribution in [3.63, 3.8) is 0 Å². The zero-order valence-corrected chi connectivity index (χ0v) is 22.7. The number of nitrogens with zero attached hydrogens (tertiary/aromatic N) is 4. The van der Waals surface area contributed by atoms with Crippen LogP contribution in [0.4, 0.5) is 5.69 Å². The lowest BCUT2D eigenvalue weighted by Crippen LogP contribution is -2.26. The van der Waals surface area contributed by atoms with Crippen molar-refractivity contribution in [2.75, 3.05) is 18.5 Å². The number of aromatic amines is 1. The number of aliphatic carboxylic acids is 1. The quantitative estimate of drug-likeness (QED) is 0.158. The van der Waals surface area contributed by atoms with Gasteiger partial charge in [0.05, 0.1) is 13.2 Å². The molecule has 13 nitrogen and oxygen atoms in total. The van der Waals surface area contributed by atoms with E-state index < -0.39 is 17.7 Å². The molecule has 0 spiro atoms. The predicted octanol–water partition coefficient (Wildman–Crippen LogP) is 2.79. The lowest BCUT2D eigenvalue weighted by atomic mass is 10.0. The number of rotatable bonds is 8. The molecule has 214 valence electrons. The maximum atomic E-state index is 12.8. The predicted molar refractivity (Wildman–Crippen MR) is 152 cm³/mol. The van der Waals surface area contributed by atoms with Gasteiger partial charge in [-0.1, -0.05) is 6.07 Å². The molecule has 13 heteroatoms. The average Bonchev–Trinajstić information content (AvgIpc) is 3.33. The van der Waals surface area contributed by atoms with Gasteiger partial charge in [-0.25, -0.2) is 14.8 Å². The van der Waals surface area contributed by atoms with Gasteiger partial charge in [0, 0.05) is 43.4 Å². The molecular weight excluding hydrogens is 528 g/mol. The highest BCUT2D eigenvalue weighted by Gasteiger charge is 2.23. The van der Waals surface area contributed by atoms with E-state index in [2.05, 4.69) is 25.4 Å². The summed E-state index contributed by atoms with van der Waals surface area (Å²) in [5.74, 6) is 0.458. The van der Waals surface area contributed by atoms with Crippen molar-refractivity contribution in [3.05, 3.63) is 93.9 Å². The van der Waals surface area contributed by atoms with Crippen molar-refractivity contribution < 1.29 is 19.4 Å². The van der Waals surface area contributed by atoms with Crippen LogP contribution in [0.15, 0.2) is 65.7 Å². The Hall–Kier alpha value is -5.04. The third kappa shape index (κ3) is 7.99. The number of hydrogen-bond donors (Lipinski definition) is 5. The van der Waals surface area contributed by atoms with E-state index in [0.717, 1.165) is 47.0 Å². The number of nitrogen functional groups attached to an aromatic ring is 1. The molecule has 1 atom stereocenters. The van der Waals surface area contributed by atoms with Gasteiger partial charge in [-0.2, -0.15) is 0 Å². The van der Waals surface area contributed by atoms with E-state index in [4.69, 9.17) is 30.5 Å². The monoisotopic (exact) mass is 560 g/mol. The molecule has 3 heterocycles. The van der Waals surface area contributed by atoms with Gasteiger partial charge in [-0.3, -0.25) is 15.2 Å². The third-order valence-corrected chi connectivity index (χ3v) is 6.03. The molecule has 0 amide bonds. The Morgan fingerprint density at radius 1 is 1.20 bits per heavy atom. The Kier molecular flexibility index (Phi) is 9.43.